The van der Waals surface area contributed by atoms with Crippen LogP contribution >= 0.6 is 58.0 Å². The van der Waals surface area contributed by atoms with Crippen LogP contribution in [0.3, 0.4) is 0 Å². The number of benzene rings is 2. The first-order valence-electron chi connectivity index (χ1n) is 24.7. The van der Waals surface area contributed by atoms with Crippen molar-refractivity contribution < 1.29 is 14.7 Å². The Bertz CT molecular complexity index is 3680. The molecule has 394 valence electrons. The number of amides is 2. The van der Waals surface area contributed by atoms with Crippen molar-refractivity contribution >= 4 is 110 Å². The van der Waals surface area contributed by atoms with Gasteiger partial charge in [0.1, 0.15) is 22.5 Å². The molecule has 16 nitrogen and oxygen atoms in total. The largest absolute Gasteiger partial charge is 0.508 e. The number of fused-ring (bicyclic) bond motifs is 2. The Morgan fingerprint density at radius 1 is 0.711 bits per heavy atom. The van der Waals surface area contributed by atoms with E-state index in [4.69, 9.17) is 68.0 Å². The molecule has 2 aliphatic rings. The molecule has 0 unspecified atom stereocenters. The van der Waals surface area contributed by atoms with Crippen LogP contribution in [0.25, 0.3) is 50.8 Å². The lowest BCUT2D eigenvalue weighted by Crippen LogP contribution is -2.58. The third kappa shape index (κ3) is 10.0. The molecule has 0 spiro atoms. The highest BCUT2D eigenvalue weighted by Crippen LogP contribution is 2.42. The minimum Gasteiger partial charge on any atom is -0.508 e. The Morgan fingerprint density at radius 2 is 1.34 bits per heavy atom. The first-order chi connectivity index (χ1) is 36.1. The first kappa shape index (κ1) is 54.2. The molecule has 2 amide bonds. The molecule has 9 rings (SSSR count). The van der Waals surface area contributed by atoms with Crippen LogP contribution in [-0.2, 0) is 9.59 Å². The Kier molecular flexibility index (Phi) is 15.3. The number of phenols is 1. The summed E-state index contributed by atoms with van der Waals surface area (Å²) in [4.78, 5) is 87.0. The molecule has 0 bridgehead atoms. The van der Waals surface area contributed by atoms with Gasteiger partial charge in [-0.25, -0.2) is 28.7 Å². The fourth-order valence-electron chi connectivity index (χ4n) is 10.4. The van der Waals surface area contributed by atoms with Crippen molar-refractivity contribution in [3.63, 3.8) is 0 Å². The van der Waals surface area contributed by atoms with Crippen molar-refractivity contribution in [3.05, 3.63) is 142 Å². The number of hydrogen-bond acceptors (Lipinski definition) is 12. The van der Waals surface area contributed by atoms with E-state index in [0.29, 0.717) is 70.4 Å². The van der Waals surface area contributed by atoms with Crippen LogP contribution in [0.15, 0.2) is 82.9 Å². The Balaban J connectivity index is 1.03. The summed E-state index contributed by atoms with van der Waals surface area (Å²) in [6.07, 6.45) is 4.42. The normalized spacial score (nSPS) is 17.3. The number of rotatable bonds is 10. The number of carbonyl (C=O) groups is 2. The molecule has 2 saturated heterocycles. The maximum Gasteiger partial charge on any atom is 0.355 e. The van der Waals surface area contributed by atoms with E-state index in [-0.39, 0.29) is 108 Å². The highest BCUT2D eigenvalue weighted by molar-refractivity contribution is 6.44. The molecule has 21 heteroatoms. The standard InChI is InChI=1S/C55H54Cl5N11O5/c1-10-43(73)67-25-31(8)69(32(9)26-67)53-38-23-41(58)49(60)63-52(38)71(55(76)65-53)48-29(6)19-33(61-46(48)28(4)5)15-16-44(74)66-17-18-68(30(7)24-66)50-37-22-40(57)47(36-20-34(72)21-39(56)45(36)59)62-51(37)70(54(75)64-50)42-14-12-11-13-35(42)27(2)3/h10-16,19-23,27-28,30-32,72H,1,17-18,24-26H2,2-9H3/b16-15+/t30-,31+,32+/m0/s1. The summed E-state index contributed by atoms with van der Waals surface area (Å²) in [5.74, 6) is -0.0309. The number of aryl methyl sites for hydroxylation is 1. The summed E-state index contributed by atoms with van der Waals surface area (Å²) >= 11 is 33.3. The molecule has 0 saturated carbocycles. The molecular formula is C55H54Cl5N11O5. The molecule has 5 aromatic heterocycles. The second-order valence-electron chi connectivity index (χ2n) is 19.9. The third-order valence-corrected chi connectivity index (χ3v) is 15.6. The summed E-state index contributed by atoms with van der Waals surface area (Å²) in [5.41, 5.74) is 3.47. The molecule has 2 fully saturated rings. The van der Waals surface area contributed by atoms with E-state index in [1.807, 2.05) is 89.5 Å². The highest BCUT2D eigenvalue weighted by atomic mass is 35.5. The van der Waals surface area contributed by atoms with Gasteiger partial charge in [0.05, 0.1) is 59.3 Å². The van der Waals surface area contributed by atoms with Gasteiger partial charge in [0.15, 0.2) is 11.3 Å². The number of anilines is 2. The molecular weight excluding hydrogens is 1070 g/mol. The number of halogens is 5. The average Bonchev–Trinajstić information content (AvgIpc) is 3.41. The van der Waals surface area contributed by atoms with E-state index in [0.717, 1.165) is 5.56 Å². The number of aromatic nitrogens is 7. The Morgan fingerprint density at radius 3 is 2.01 bits per heavy atom. The zero-order valence-electron chi connectivity index (χ0n) is 42.9. The summed E-state index contributed by atoms with van der Waals surface area (Å²) in [5, 5.41) is 12.1. The van der Waals surface area contributed by atoms with Crippen molar-refractivity contribution in [2.45, 2.75) is 85.4 Å². The predicted molar refractivity (Wildman–Crippen MR) is 304 cm³/mol. The van der Waals surface area contributed by atoms with Gasteiger partial charge in [0, 0.05) is 68.6 Å². The molecule has 76 heavy (non-hydrogen) atoms. The minimum atomic E-state index is -0.607. The Labute approximate surface area is 463 Å². The van der Waals surface area contributed by atoms with Crippen LogP contribution in [-0.4, -0.2) is 112 Å². The lowest BCUT2D eigenvalue weighted by molar-refractivity contribution is -0.127. The van der Waals surface area contributed by atoms with Crippen LogP contribution in [0.1, 0.15) is 82.8 Å². The summed E-state index contributed by atoms with van der Waals surface area (Å²) in [6.45, 7) is 21.0. The summed E-state index contributed by atoms with van der Waals surface area (Å²) < 4.78 is 2.88. The van der Waals surface area contributed by atoms with Crippen LogP contribution in [0, 0.1) is 6.92 Å². The van der Waals surface area contributed by atoms with Crippen LogP contribution in [0.4, 0.5) is 11.6 Å². The number of nitrogens with zero attached hydrogens (tertiary/aromatic N) is 11. The van der Waals surface area contributed by atoms with Gasteiger partial charge in [-0.1, -0.05) is 110 Å². The van der Waals surface area contributed by atoms with Gasteiger partial charge in [-0.15, -0.1) is 0 Å². The van der Waals surface area contributed by atoms with Crippen LogP contribution in [0.2, 0.25) is 25.2 Å². The van der Waals surface area contributed by atoms with E-state index in [1.54, 1.807) is 34.1 Å². The van der Waals surface area contributed by atoms with Crippen molar-refractivity contribution in [1.82, 2.24) is 43.9 Å². The third-order valence-electron chi connectivity index (χ3n) is 13.9. The molecule has 7 aromatic rings. The lowest BCUT2D eigenvalue weighted by Gasteiger charge is -2.45. The fraction of sp³-hybridized carbons (Fsp3) is 0.327. The van der Waals surface area contributed by atoms with Crippen LogP contribution < -0.4 is 21.2 Å². The van der Waals surface area contributed by atoms with Crippen molar-refractivity contribution in [1.29, 1.82) is 0 Å². The quantitative estimate of drug-likeness (QED) is 0.101. The minimum absolute atomic E-state index is 0.00469. The number of pyridine rings is 3. The zero-order valence-corrected chi connectivity index (χ0v) is 46.7. The van der Waals surface area contributed by atoms with E-state index in [1.165, 1.54) is 33.4 Å². The summed E-state index contributed by atoms with van der Waals surface area (Å²) in [7, 11) is 0. The van der Waals surface area contributed by atoms with Gasteiger partial charge in [0.2, 0.25) is 11.8 Å². The monoisotopic (exact) mass is 1120 g/mol. The highest BCUT2D eigenvalue weighted by Gasteiger charge is 2.35. The second-order valence-corrected chi connectivity index (χ2v) is 21.9. The maximum atomic E-state index is 14.5. The molecule has 1 N–H and O–H groups in total. The van der Waals surface area contributed by atoms with Gasteiger partial charge in [-0.2, -0.15) is 9.97 Å². The average molecular weight is 1130 g/mol. The summed E-state index contributed by atoms with van der Waals surface area (Å²) in [6, 6.07) is 14.6. The zero-order chi connectivity index (χ0) is 54.8. The van der Waals surface area contributed by atoms with E-state index in [9.17, 15) is 24.3 Å². The molecule has 2 aromatic carbocycles. The lowest BCUT2D eigenvalue weighted by atomic mass is 10.0. The van der Waals surface area contributed by atoms with Crippen LogP contribution in [0.5, 0.6) is 5.75 Å². The number of carbonyl (C=O) groups excluding carboxylic acids is 2. The van der Waals surface area contributed by atoms with Crippen molar-refractivity contribution in [2.24, 2.45) is 0 Å². The van der Waals surface area contributed by atoms with Gasteiger partial charge in [0.25, 0.3) is 0 Å². The molecule has 3 atom stereocenters. The fourth-order valence-corrected chi connectivity index (χ4v) is 11.4. The van der Waals surface area contributed by atoms with E-state index in [2.05, 4.69) is 21.5 Å². The number of piperazine rings is 2. The topological polar surface area (TPSA) is 176 Å². The Hall–Kier alpha value is -6.56. The second kappa shape index (κ2) is 21.5. The molecule has 0 radical (unpaired) electrons. The van der Waals surface area contributed by atoms with Gasteiger partial charge in [-0.05, 0) is 93.1 Å². The smallest absolute Gasteiger partial charge is 0.355 e. The van der Waals surface area contributed by atoms with Gasteiger partial charge >= 0.3 is 11.4 Å². The van der Waals surface area contributed by atoms with Gasteiger partial charge in [-0.3, -0.25) is 14.6 Å². The molecule has 0 aliphatic carbocycles. The number of para-hydroxylation sites is 1. The van der Waals surface area contributed by atoms with Crippen molar-refractivity contribution in [2.75, 3.05) is 42.5 Å². The number of hydrogen-bond donors (Lipinski definition) is 1. The van der Waals surface area contributed by atoms with E-state index >= 15 is 0 Å². The maximum absolute atomic E-state index is 14.5. The molecule has 7 heterocycles. The van der Waals surface area contributed by atoms with Gasteiger partial charge < -0.3 is 24.7 Å². The first-order valence-corrected chi connectivity index (χ1v) is 26.6. The van der Waals surface area contributed by atoms with Crippen molar-refractivity contribution in [3.8, 4) is 28.4 Å². The van der Waals surface area contributed by atoms with E-state index < -0.39 is 11.4 Å². The SMILES string of the molecule is C=CC(=O)N1C[C@@H](C)N(c2nc(=O)n(-c3c(C)cc(/C=C/C(=O)N4CCN(c5nc(=O)n(-c6ccccc6C(C)C)c6nc(-c7cc(O)cc(Cl)c7Cl)c(Cl)cc56)[C@@H](C)C4)nc3C(C)C)c3nc(Cl)c(Cl)cc23)[C@H](C)C1. The predicted octanol–water partition coefficient (Wildman–Crippen LogP) is 10.8. The number of aromatic hydroxyl groups is 1. The number of phenolic OH excluding ortho intramolecular Hbond substituents is 1. The molecule has 2 aliphatic heterocycles.